The van der Waals surface area contributed by atoms with Crippen LogP contribution in [0, 0.1) is 6.92 Å². The monoisotopic (exact) mass is 336 g/mol. The predicted molar refractivity (Wildman–Crippen MR) is 99.9 cm³/mol. The van der Waals surface area contributed by atoms with E-state index in [9.17, 15) is 9.59 Å². The number of aryl methyl sites for hydroxylation is 1. The Morgan fingerprint density at radius 3 is 1.96 bits per heavy atom. The number of hydrogen-bond donors (Lipinski definition) is 1. The van der Waals surface area contributed by atoms with Crippen molar-refractivity contribution < 1.29 is 9.59 Å². The number of nitrogens with zero attached hydrogens (tertiary/aromatic N) is 1. The molecule has 0 unspecified atom stereocenters. The molecule has 1 aliphatic rings. The summed E-state index contributed by atoms with van der Waals surface area (Å²) in [5.41, 5.74) is 3.11. The van der Waals surface area contributed by atoms with E-state index in [4.69, 9.17) is 0 Å². The number of carbonyl (C=O) groups is 2. The molecule has 1 N–H and O–H groups in total. The maximum atomic E-state index is 12.6. The van der Waals surface area contributed by atoms with E-state index in [0.717, 1.165) is 31.5 Å². The fourth-order valence-corrected chi connectivity index (χ4v) is 3.06. The van der Waals surface area contributed by atoms with Crippen molar-refractivity contribution in [1.82, 2.24) is 4.90 Å². The van der Waals surface area contributed by atoms with Crippen LogP contribution in [0.3, 0.4) is 0 Å². The van der Waals surface area contributed by atoms with Gasteiger partial charge in [0.25, 0.3) is 11.8 Å². The highest BCUT2D eigenvalue weighted by Gasteiger charge is 2.17. The zero-order chi connectivity index (χ0) is 17.6. The summed E-state index contributed by atoms with van der Waals surface area (Å²) < 4.78 is 0. The van der Waals surface area contributed by atoms with Gasteiger partial charge in [-0.05, 0) is 56.2 Å². The van der Waals surface area contributed by atoms with Gasteiger partial charge in [-0.2, -0.15) is 0 Å². The molecule has 4 heteroatoms. The summed E-state index contributed by atoms with van der Waals surface area (Å²) in [5.74, 6) is -0.0649. The van der Waals surface area contributed by atoms with Crippen LogP contribution in [0.4, 0.5) is 5.69 Å². The molecule has 3 rings (SSSR count). The lowest BCUT2D eigenvalue weighted by Gasteiger charge is -2.20. The molecule has 0 aromatic heterocycles. The lowest BCUT2D eigenvalue weighted by atomic mass is 10.1. The van der Waals surface area contributed by atoms with Crippen LogP contribution in [0.1, 0.15) is 52.0 Å². The highest BCUT2D eigenvalue weighted by atomic mass is 16.2. The molecule has 0 aliphatic carbocycles. The quantitative estimate of drug-likeness (QED) is 0.910. The molecule has 2 amide bonds. The Kier molecular flexibility index (Phi) is 5.49. The smallest absolute Gasteiger partial charge is 0.255 e. The summed E-state index contributed by atoms with van der Waals surface area (Å²) in [6.07, 6.45) is 4.56. The van der Waals surface area contributed by atoms with Crippen molar-refractivity contribution in [3.05, 3.63) is 65.2 Å². The van der Waals surface area contributed by atoms with Crippen molar-refractivity contribution in [2.75, 3.05) is 18.4 Å². The minimum absolute atomic E-state index is 0.0818. The number of nitrogens with one attached hydrogen (secondary N) is 1. The van der Waals surface area contributed by atoms with Crippen molar-refractivity contribution in [2.45, 2.75) is 32.6 Å². The van der Waals surface area contributed by atoms with Crippen LogP contribution >= 0.6 is 0 Å². The number of anilines is 1. The van der Waals surface area contributed by atoms with E-state index < -0.39 is 0 Å². The lowest BCUT2D eigenvalue weighted by Crippen LogP contribution is -2.31. The fraction of sp³-hybridized carbons (Fsp3) is 0.333. The Morgan fingerprint density at radius 1 is 0.800 bits per heavy atom. The third kappa shape index (κ3) is 4.47. The summed E-state index contributed by atoms with van der Waals surface area (Å²) in [6.45, 7) is 3.66. The molecule has 1 saturated heterocycles. The van der Waals surface area contributed by atoms with Crippen molar-refractivity contribution >= 4 is 17.5 Å². The number of likely N-dealkylation sites (tertiary alicyclic amines) is 1. The summed E-state index contributed by atoms with van der Waals surface area (Å²) in [7, 11) is 0. The topological polar surface area (TPSA) is 49.4 Å². The van der Waals surface area contributed by atoms with E-state index in [2.05, 4.69) is 5.32 Å². The SMILES string of the molecule is Cc1ccc(C(=O)Nc2ccc(C(=O)N3CCCCCC3)cc2)cc1. The second-order valence-corrected chi connectivity index (χ2v) is 6.60. The van der Waals surface area contributed by atoms with Crippen molar-refractivity contribution in [1.29, 1.82) is 0 Å². The van der Waals surface area contributed by atoms with Gasteiger partial charge in [-0.25, -0.2) is 0 Å². The van der Waals surface area contributed by atoms with E-state index in [1.165, 1.54) is 12.8 Å². The minimum atomic E-state index is -0.147. The van der Waals surface area contributed by atoms with E-state index >= 15 is 0 Å². The number of hydrogen-bond acceptors (Lipinski definition) is 2. The molecule has 0 atom stereocenters. The molecule has 1 aliphatic heterocycles. The van der Waals surface area contributed by atoms with Crippen LogP contribution in [-0.4, -0.2) is 29.8 Å². The summed E-state index contributed by atoms with van der Waals surface area (Å²) in [5, 5.41) is 2.87. The maximum absolute atomic E-state index is 12.6. The second-order valence-electron chi connectivity index (χ2n) is 6.60. The van der Waals surface area contributed by atoms with Gasteiger partial charge in [-0.3, -0.25) is 9.59 Å². The summed E-state index contributed by atoms with van der Waals surface area (Å²) in [6, 6.07) is 14.6. The van der Waals surface area contributed by atoms with Crippen molar-refractivity contribution in [2.24, 2.45) is 0 Å². The molecule has 0 spiro atoms. The molecule has 1 fully saturated rings. The van der Waals surface area contributed by atoms with Crippen molar-refractivity contribution in [3.63, 3.8) is 0 Å². The van der Waals surface area contributed by atoms with E-state index in [0.29, 0.717) is 16.8 Å². The number of carbonyl (C=O) groups excluding carboxylic acids is 2. The van der Waals surface area contributed by atoms with Crippen LogP contribution in [0.15, 0.2) is 48.5 Å². The molecular weight excluding hydrogens is 312 g/mol. The first kappa shape index (κ1) is 17.2. The molecular formula is C21H24N2O2. The van der Waals surface area contributed by atoms with E-state index in [1.807, 2.05) is 36.1 Å². The molecule has 0 saturated carbocycles. The Labute approximate surface area is 148 Å². The van der Waals surface area contributed by atoms with Crippen molar-refractivity contribution in [3.8, 4) is 0 Å². The highest BCUT2D eigenvalue weighted by Crippen LogP contribution is 2.16. The lowest BCUT2D eigenvalue weighted by molar-refractivity contribution is 0.0761. The standard InChI is InChI=1S/C21H24N2O2/c1-16-6-8-17(9-7-16)20(24)22-19-12-10-18(11-13-19)21(25)23-14-4-2-3-5-15-23/h6-13H,2-5,14-15H2,1H3,(H,22,24). The average molecular weight is 336 g/mol. The minimum Gasteiger partial charge on any atom is -0.339 e. The zero-order valence-corrected chi connectivity index (χ0v) is 14.6. The van der Waals surface area contributed by atoms with Crippen LogP contribution < -0.4 is 5.32 Å². The predicted octanol–water partition coefficient (Wildman–Crippen LogP) is 4.26. The Balaban J connectivity index is 1.64. The van der Waals surface area contributed by atoms with Gasteiger partial charge in [0.15, 0.2) is 0 Å². The molecule has 2 aromatic carbocycles. The van der Waals surface area contributed by atoms with Gasteiger partial charge in [-0.15, -0.1) is 0 Å². The van der Waals surface area contributed by atoms with E-state index in [-0.39, 0.29) is 11.8 Å². The fourth-order valence-electron chi connectivity index (χ4n) is 3.06. The molecule has 0 radical (unpaired) electrons. The van der Waals surface area contributed by atoms with Gasteiger partial charge >= 0.3 is 0 Å². The third-order valence-corrected chi connectivity index (χ3v) is 4.60. The number of benzene rings is 2. The third-order valence-electron chi connectivity index (χ3n) is 4.60. The van der Waals surface area contributed by atoms with Gasteiger partial charge in [0, 0.05) is 29.9 Å². The maximum Gasteiger partial charge on any atom is 0.255 e. The van der Waals surface area contributed by atoms with Gasteiger partial charge in [0.05, 0.1) is 0 Å². The number of rotatable bonds is 3. The first-order valence-electron chi connectivity index (χ1n) is 8.91. The van der Waals surface area contributed by atoms with Crippen LogP contribution in [0.2, 0.25) is 0 Å². The molecule has 130 valence electrons. The zero-order valence-electron chi connectivity index (χ0n) is 14.6. The second kappa shape index (κ2) is 7.97. The van der Waals surface area contributed by atoms with Gasteiger partial charge < -0.3 is 10.2 Å². The molecule has 0 bridgehead atoms. The van der Waals surface area contributed by atoms with Crippen LogP contribution in [0.5, 0.6) is 0 Å². The van der Waals surface area contributed by atoms with Gasteiger partial charge in [-0.1, -0.05) is 30.5 Å². The van der Waals surface area contributed by atoms with Gasteiger partial charge in [0.2, 0.25) is 0 Å². The average Bonchev–Trinajstić information content (AvgIpc) is 2.92. The Bertz CT molecular complexity index is 727. The first-order chi connectivity index (χ1) is 12.1. The summed E-state index contributed by atoms with van der Waals surface area (Å²) in [4.78, 5) is 26.8. The first-order valence-corrected chi connectivity index (χ1v) is 8.91. The largest absolute Gasteiger partial charge is 0.339 e. The highest BCUT2D eigenvalue weighted by molar-refractivity contribution is 6.04. The Hall–Kier alpha value is -2.62. The van der Waals surface area contributed by atoms with Gasteiger partial charge in [0.1, 0.15) is 0 Å². The van der Waals surface area contributed by atoms with E-state index in [1.54, 1.807) is 24.3 Å². The molecule has 2 aromatic rings. The summed E-state index contributed by atoms with van der Waals surface area (Å²) >= 11 is 0. The Morgan fingerprint density at radius 2 is 1.36 bits per heavy atom. The molecule has 1 heterocycles. The number of amides is 2. The molecule has 4 nitrogen and oxygen atoms in total. The molecule has 25 heavy (non-hydrogen) atoms. The normalized spacial score (nSPS) is 14.7. The van der Waals surface area contributed by atoms with Crippen LogP contribution in [0.25, 0.3) is 0 Å². The van der Waals surface area contributed by atoms with Crippen LogP contribution in [-0.2, 0) is 0 Å².